The lowest BCUT2D eigenvalue weighted by Crippen LogP contribution is -2.45. The molecule has 96 valence electrons. The fourth-order valence-electron chi connectivity index (χ4n) is 1.79. The third-order valence-corrected chi connectivity index (χ3v) is 3.51. The smallest absolute Gasteiger partial charge is 0.213 e. The van der Waals surface area contributed by atoms with Crippen molar-refractivity contribution in [1.29, 1.82) is 0 Å². The van der Waals surface area contributed by atoms with Crippen molar-refractivity contribution < 1.29 is 0 Å². The Balaban J connectivity index is 1.72. The van der Waals surface area contributed by atoms with Crippen LogP contribution in [0.15, 0.2) is 65.2 Å². The molecule has 0 saturated carbocycles. The monoisotopic (exact) mass is 281 g/mol. The first kappa shape index (κ1) is 11.2. The Morgan fingerprint density at radius 2 is 1.55 bits per heavy atom. The minimum atomic E-state index is 0.483. The second kappa shape index (κ2) is 4.49. The van der Waals surface area contributed by atoms with Gasteiger partial charge in [-0.1, -0.05) is 18.2 Å². The highest BCUT2D eigenvalue weighted by Gasteiger charge is 2.31. The maximum absolute atomic E-state index is 4.40. The lowest BCUT2D eigenvalue weighted by atomic mass is 10.4. The van der Waals surface area contributed by atoms with Gasteiger partial charge >= 0.3 is 0 Å². The summed E-state index contributed by atoms with van der Waals surface area (Å²) in [5.74, 6) is 1.45. The molecule has 0 saturated heterocycles. The van der Waals surface area contributed by atoms with Crippen LogP contribution in [-0.2, 0) is 0 Å². The van der Waals surface area contributed by atoms with Crippen LogP contribution in [0.3, 0.4) is 0 Å². The van der Waals surface area contributed by atoms with Crippen molar-refractivity contribution >= 4 is 47.5 Å². The molecule has 1 aromatic rings. The topological polar surface area (TPSA) is 77.4 Å². The first-order valence-electron chi connectivity index (χ1n) is 5.81. The van der Waals surface area contributed by atoms with E-state index in [-0.39, 0.29) is 0 Å². The van der Waals surface area contributed by atoms with Gasteiger partial charge in [-0.05, 0) is 23.9 Å². The highest BCUT2D eigenvalue weighted by Crippen LogP contribution is 2.24. The molecule has 4 rings (SSSR count). The van der Waals surface area contributed by atoms with Crippen LogP contribution < -0.4 is 0 Å². The number of guanidine groups is 3. The van der Waals surface area contributed by atoms with E-state index in [0.29, 0.717) is 23.0 Å². The summed E-state index contributed by atoms with van der Waals surface area (Å²) < 4.78 is 0. The van der Waals surface area contributed by atoms with E-state index in [0.717, 1.165) is 4.90 Å². The second-order valence-corrected chi connectivity index (χ2v) is 4.94. The zero-order valence-corrected chi connectivity index (χ0v) is 10.9. The molecule has 3 heterocycles. The minimum absolute atomic E-state index is 0.483. The highest BCUT2D eigenvalue weighted by molar-refractivity contribution is 8.14. The van der Waals surface area contributed by atoms with Gasteiger partial charge in [0.15, 0.2) is 5.17 Å². The van der Waals surface area contributed by atoms with Gasteiger partial charge in [0.1, 0.15) is 12.7 Å². The normalized spacial score (nSPS) is 18.9. The van der Waals surface area contributed by atoms with Gasteiger partial charge in [0.05, 0.1) is 0 Å². The second-order valence-electron chi connectivity index (χ2n) is 3.90. The average molecular weight is 281 g/mol. The molecule has 1 aromatic carbocycles. The molecule has 0 aliphatic carbocycles. The van der Waals surface area contributed by atoms with Gasteiger partial charge in [-0.15, -0.1) is 0 Å². The lowest BCUT2D eigenvalue weighted by Gasteiger charge is -2.27. The molecule has 0 radical (unpaired) electrons. The molecular weight excluding hydrogens is 274 g/mol. The van der Waals surface area contributed by atoms with Crippen molar-refractivity contribution in [1.82, 2.24) is 4.90 Å². The van der Waals surface area contributed by atoms with Gasteiger partial charge in [0.25, 0.3) is 0 Å². The van der Waals surface area contributed by atoms with Gasteiger partial charge in [-0.25, -0.2) is 24.9 Å². The standard InChI is InChI=1S/C12H7N7S/c1-2-4-8(5-3-1)20-12-17-10-15-6-13-9-14-7-16-11(18-12)19(9)10/h1-7H. The predicted octanol–water partition coefficient (Wildman–Crippen LogP) is 1.60. The van der Waals surface area contributed by atoms with Crippen molar-refractivity contribution in [3.63, 3.8) is 0 Å². The number of benzene rings is 1. The van der Waals surface area contributed by atoms with Crippen LogP contribution in [0.25, 0.3) is 0 Å². The summed E-state index contributed by atoms with van der Waals surface area (Å²) in [6, 6.07) is 9.91. The van der Waals surface area contributed by atoms with E-state index in [2.05, 4.69) is 30.0 Å². The summed E-state index contributed by atoms with van der Waals surface area (Å²) in [4.78, 5) is 27.9. The van der Waals surface area contributed by atoms with E-state index in [1.54, 1.807) is 4.90 Å². The molecule has 3 aliphatic rings. The average Bonchev–Trinajstić information content (AvgIpc) is 2.49. The molecule has 0 unspecified atom stereocenters. The molecule has 0 atom stereocenters. The Morgan fingerprint density at radius 3 is 2.40 bits per heavy atom. The van der Waals surface area contributed by atoms with E-state index in [1.807, 2.05) is 30.3 Å². The maximum Gasteiger partial charge on any atom is 0.243 e. The van der Waals surface area contributed by atoms with E-state index >= 15 is 0 Å². The fraction of sp³-hybridized carbons (Fsp3) is 0. The Hall–Kier alpha value is -2.61. The summed E-state index contributed by atoms with van der Waals surface area (Å²) >= 11 is 1.46. The number of hydrogen-bond donors (Lipinski definition) is 0. The van der Waals surface area contributed by atoms with Gasteiger partial charge in [-0.2, -0.15) is 9.98 Å². The van der Waals surface area contributed by atoms with Crippen LogP contribution in [0.2, 0.25) is 0 Å². The van der Waals surface area contributed by atoms with Crippen LogP contribution in [0, 0.1) is 0 Å². The maximum atomic E-state index is 4.40. The van der Waals surface area contributed by atoms with E-state index in [1.165, 1.54) is 24.4 Å². The molecule has 0 aromatic heterocycles. The Bertz CT molecular complexity index is 740. The summed E-state index contributed by atoms with van der Waals surface area (Å²) in [6.45, 7) is 0. The number of rotatable bonds is 1. The van der Waals surface area contributed by atoms with Gasteiger partial charge < -0.3 is 0 Å². The number of thioether (sulfide) groups is 1. The molecule has 7 nitrogen and oxygen atoms in total. The molecule has 20 heavy (non-hydrogen) atoms. The number of nitrogens with zero attached hydrogens (tertiary/aromatic N) is 7. The summed E-state index contributed by atoms with van der Waals surface area (Å²) in [6.07, 6.45) is 2.86. The van der Waals surface area contributed by atoms with E-state index in [9.17, 15) is 0 Å². The predicted molar refractivity (Wildman–Crippen MR) is 80.9 cm³/mol. The highest BCUT2D eigenvalue weighted by atomic mass is 32.2. The molecule has 3 aliphatic heterocycles. The first-order chi connectivity index (χ1) is 9.90. The van der Waals surface area contributed by atoms with Gasteiger partial charge in [0, 0.05) is 4.90 Å². The Labute approximate surface area is 118 Å². The first-order valence-corrected chi connectivity index (χ1v) is 6.63. The minimum Gasteiger partial charge on any atom is -0.213 e. The summed E-state index contributed by atoms with van der Waals surface area (Å²) in [5.41, 5.74) is 0. The van der Waals surface area contributed by atoms with Gasteiger partial charge in [-0.3, -0.25) is 0 Å². The van der Waals surface area contributed by atoms with Crippen LogP contribution in [0.4, 0.5) is 0 Å². The van der Waals surface area contributed by atoms with Crippen molar-refractivity contribution in [2.45, 2.75) is 4.90 Å². The van der Waals surface area contributed by atoms with Crippen molar-refractivity contribution in [3.8, 4) is 0 Å². The molecule has 8 heteroatoms. The third kappa shape index (κ3) is 1.86. The lowest BCUT2D eigenvalue weighted by molar-refractivity contribution is 0.835. The van der Waals surface area contributed by atoms with Crippen LogP contribution >= 0.6 is 11.8 Å². The largest absolute Gasteiger partial charge is 0.243 e. The quantitative estimate of drug-likeness (QED) is 0.784. The third-order valence-electron chi connectivity index (χ3n) is 2.64. The Kier molecular flexibility index (Phi) is 2.52. The summed E-state index contributed by atoms with van der Waals surface area (Å²) in [7, 11) is 0. The fourth-order valence-corrected chi connectivity index (χ4v) is 2.55. The van der Waals surface area contributed by atoms with Crippen molar-refractivity contribution in [2.75, 3.05) is 0 Å². The SMILES string of the molecule is C1=NC2=NC=NC3=NC(Sc4ccccc4)=NC(=N1)N23. The molecular formula is C12H7N7S. The van der Waals surface area contributed by atoms with Crippen molar-refractivity contribution in [2.24, 2.45) is 30.0 Å². The molecule has 0 amide bonds. The molecule has 0 fully saturated rings. The molecule has 0 bridgehead atoms. The van der Waals surface area contributed by atoms with Crippen LogP contribution in [-0.4, -0.2) is 40.6 Å². The molecule has 0 N–H and O–H groups in total. The van der Waals surface area contributed by atoms with Crippen LogP contribution in [0.5, 0.6) is 0 Å². The number of amidine groups is 1. The van der Waals surface area contributed by atoms with E-state index in [4.69, 9.17) is 0 Å². The zero-order valence-electron chi connectivity index (χ0n) is 10.1. The Morgan fingerprint density at radius 1 is 0.800 bits per heavy atom. The van der Waals surface area contributed by atoms with Crippen LogP contribution in [0.1, 0.15) is 0 Å². The summed E-state index contributed by atoms with van der Waals surface area (Å²) in [5, 5.41) is 0.593. The molecule has 0 spiro atoms. The number of aliphatic imine (C=N–C) groups is 6. The van der Waals surface area contributed by atoms with Crippen molar-refractivity contribution in [3.05, 3.63) is 30.3 Å². The van der Waals surface area contributed by atoms with Gasteiger partial charge in [0.2, 0.25) is 17.9 Å². The van der Waals surface area contributed by atoms with E-state index < -0.39 is 0 Å². The number of hydrogen-bond acceptors (Lipinski definition) is 8. The zero-order chi connectivity index (χ0) is 13.4.